The van der Waals surface area contributed by atoms with Gasteiger partial charge in [-0.05, 0) is 37.3 Å². The zero-order valence-corrected chi connectivity index (χ0v) is 15.9. The summed E-state index contributed by atoms with van der Waals surface area (Å²) >= 11 is 0. The van der Waals surface area contributed by atoms with Crippen LogP contribution in [0.5, 0.6) is 0 Å². The molecule has 0 bridgehead atoms. The van der Waals surface area contributed by atoms with Gasteiger partial charge in [-0.25, -0.2) is 9.97 Å². The van der Waals surface area contributed by atoms with Crippen LogP contribution < -0.4 is 10.6 Å². The number of benzene rings is 1. The molecule has 2 heterocycles. The standard InChI is InChI=1S/C21H20N6O/c1-13(2)20(28)26-18-7-5-15(10-16(18)11-22)19-8-9-23-21(27-19)25-17-6-4-14(3)24-12-17/h4-10,12-13H,1-3H3,(H,26,28)(H,23,25,27). The van der Waals surface area contributed by atoms with Crippen LogP contribution >= 0.6 is 0 Å². The van der Waals surface area contributed by atoms with Gasteiger partial charge in [0.05, 0.1) is 28.8 Å². The van der Waals surface area contributed by atoms with Gasteiger partial charge in [-0.15, -0.1) is 0 Å². The number of hydrogen-bond donors (Lipinski definition) is 2. The van der Waals surface area contributed by atoms with E-state index in [-0.39, 0.29) is 11.8 Å². The lowest BCUT2D eigenvalue weighted by Crippen LogP contribution is -2.18. The lowest BCUT2D eigenvalue weighted by molar-refractivity contribution is -0.118. The number of aryl methyl sites for hydroxylation is 1. The number of anilines is 3. The van der Waals surface area contributed by atoms with Crippen LogP contribution in [0, 0.1) is 24.2 Å². The highest BCUT2D eigenvalue weighted by Crippen LogP contribution is 2.25. The second-order valence-corrected chi connectivity index (χ2v) is 6.59. The summed E-state index contributed by atoms with van der Waals surface area (Å²) in [6.07, 6.45) is 3.36. The number of nitrogens with one attached hydrogen (secondary N) is 2. The van der Waals surface area contributed by atoms with Crippen LogP contribution in [-0.2, 0) is 4.79 Å². The molecule has 0 aliphatic carbocycles. The summed E-state index contributed by atoms with van der Waals surface area (Å²) < 4.78 is 0. The third-order valence-corrected chi connectivity index (χ3v) is 4.04. The largest absolute Gasteiger partial charge is 0.325 e. The lowest BCUT2D eigenvalue weighted by Gasteiger charge is -2.11. The van der Waals surface area contributed by atoms with Gasteiger partial charge in [-0.1, -0.05) is 19.9 Å². The van der Waals surface area contributed by atoms with Crippen LogP contribution in [0.2, 0.25) is 0 Å². The molecule has 0 aliphatic rings. The van der Waals surface area contributed by atoms with Crippen LogP contribution in [0.25, 0.3) is 11.3 Å². The number of hydrogen-bond acceptors (Lipinski definition) is 6. The Morgan fingerprint density at radius 2 is 1.96 bits per heavy atom. The third-order valence-electron chi connectivity index (χ3n) is 4.04. The molecule has 2 aromatic heterocycles. The summed E-state index contributed by atoms with van der Waals surface area (Å²) in [5, 5.41) is 15.3. The Labute approximate surface area is 163 Å². The summed E-state index contributed by atoms with van der Waals surface area (Å²) in [7, 11) is 0. The van der Waals surface area contributed by atoms with Gasteiger partial charge in [-0.2, -0.15) is 5.26 Å². The average molecular weight is 372 g/mol. The van der Waals surface area contributed by atoms with Gasteiger partial charge in [0.15, 0.2) is 0 Å². The quantitative estimate of drug-likeness (QED) is 0.700. The highest BCUT2D eigenvalue weighted by molar-refractivity contribution is 5.93. The Hall–Kier alpha value is -3.79. The Morgan fingerprint density at radius 3 is 2.64 bits per heavy atom. The van der Waals surface area contributed by atoms with Gasteiger partial charge in [0.1, 0.15) is 6.07 Å². The number of rotatable bonds is 5. The van der Waals surface area contributed by atoms with Crippen LogP contribution in [0.3, 0.4) is 0 Å². The Bertz CT molecular complexity index is 1040. The highest BCUT2D eigenvalue weighted by atomic mass is 16.1. The van der Waals surface area contributed by atoms with E-state index >= 15 is 0 Å². The number of nitriles is 1. The van der Waals surface area contributed by atoms with Crippen molar-refractivity contribution in [3.63, 3.8) is 0 Å². The molecule has 7 heteroatoms. The minimum atomic E-state index is -0.169. The smallest absolute Gasteiger partial charge is 0.227 e. The van der Waals surface area contributed by atoms with E-state index in [1.54, 1.807) is 44.4 Å². The average Bonchev–Trinajstić information content (AvgIpc) is 2.70. The van der Waals surface area contributed by atoms with Crippen molar-refractivity contribution in [1.82, 2.24) is 15.0 Å². The molecule has 0 spiro atoms. The first-order valence-electron chi connectivity index (χ1n) is 8.84. The van der Waals surface area contributed by atoms with Gasteiger partial charge in [0.2, 0.25) is 11.9 Å². The van der Waals surface area contributed by atoms with E-state index in [0.717, 1.165) is 16.9 Å². The monoisotopic (exact) mass is 372 g/mol. The van der Waals surface area contributed by atoms with Gasteiger partial charge >= 0.3 is 0 Å². The maximum Gasteiger partial charge on any atom is 0.227 e. The van der Waals surface area contributed by atoms with E-state index in [9.17, 15) is 10.1 Å². The van der Waals surface area contributed by atoms with Gasteiger partial charge < -0.3 is 10.6 Å². The molecule has 3 aromatic rings. The van der Waals surface area contributed by atoms with Crippen molar-refractivity contribution in [2.24, 2.45) is 5.92 Å². The first-order valence-corrected chi connectivity index (χ1v) is 8.84. The van der Waals surface area contributed by atoms with Crippen LogP contribution in [0.1, 0.15) is 25.1 Å². The highest BCUT2D eigenvalue weighted by Gasteiger charge is 2.12. The van der Waals surface area contributed by atoms with Gasteiger partial charge in [0, 0.05) is 23.4 Å². The normalized spacial score (nSPS) is 10.4. The van der Waals surface area contributed by atoms with Crippen molar-refractivity contribution in [3.05, 3.63) is 60.0 Å². The summed E-state index contributed by atoms with van der Waals surface area (Å²) in [4.78, 5) is 24.9. The fourth-order valence-electron chi connectivity index (χ4n) is 2.43. The minimum absolute atomic E-state index is 0.135. The SMILES string of the molecule is Cc1ccc(Nc2nccc(-c3ccc(NC(=O)C(C)C)c(C#N)c3)n2)cn1. The van der Waals surface area contributed by atoms with Crippen LogP contribution in [0.15, 0.2) is 48.8 Å². The Kier molecular flexibility index (Phi) is 5.61. The van der Waals surface area contributed by atoms with Crippen molar-refractivity contribution in [2.75, 3.05) is 10.6 Å². The zero-order chi connectivity index (χ0) is 20.1. The van der Waals surface area contributed by atoms with Crippen molar-refractivity contribution >= 4 is 23.2 Å². The molecule has 2 N–H and O–H groups in total. The number of carbonyl (C=O) groups excluding carboxylic acids is 1. The molecule has 1 amide bonds. The number of pyridine rings is 1. The maximum atomic E-state index is 11.9. The summed E-state index contributed by atoms with van der Waals surface area (Å²) in [5.74, 6) is 0.126. The van der Waals surface area contributed by atoms with E-state index in [1.165, 1.54) is 0 Å². The van der Waals surface area contributed by atoms with Crippen molar-refractivity contribution in [2.45, 2.75) is 20.8 Å². The molecule has 0 radical (unpaired) electrons. The molecule has 0 saturated carbocycles. The molecular weight excluding hydrogens is 352 g/mol. The molecule has 0 unspecified atom stereocenters. The third kappa shape index (κ3) is 4.48. The van der Waals surface area contributed by atoms with E-state index in [1.807, 2.05) is 25.1 Å². The molecule has 0 aliphatic heterocycles. The van der Waals surface area contributed by atoms with Gasteiger partial charge in [0.25, 0.3) is 0 Å². The number of carbonyl (C=O) groups is 1. The van der Waals surface area contributed by atoms with E-state index in [4.69, 9.17) is 0 Å². The molecule has 28 heavy (non-hydrogen) atoms. The topological polar surface area (TPSA) is 104 Å². The second-order valence-electron chi connectivity index (χ2n) is 6.59. The molecule has 0 atom stereocenters. The number of nitrogens with zero attached hydrogens (tertiary/aromatic N) is 4. The van der Waals surface area contributed by atoms with E-state index in [2.05, 4.69) is 31.7 Å². The van der Waals surface area contributed by atoms with E-state index in [0.29, 0.717) is 22.9 Å². The summed E-state index contributed by atoms with van der Waals surface area (Å²) in [5.41, 5.74) is 3.99. The fraction of sp³-hybridized carbons (Fsp3) is 0.190. The van der Waals surface area contributed by atoms with Crippen LogP contribution in [0.4, 0.5) is 17.3 Å². The fourth-order valence-corrected chi connectivity index (χ4v) is 2.43. The first kappa shape index (κ1) is 19.0. The first-order chi connectivity index (χ1) is 13.5. The summed E-state index contributed by atoms with van der Waals surface area (Å²) in [6, 6.07) is 12.9. The molecule has 1 aromatic carbocycles. The molecular formula is C21H20N6O. The molecule has 0 fully saturated rings. The molecule has 7 nitrogen and oxygen atoms in total. The van der Waals surface area contributed by atoms with Crippen LogP contribution in [-0.4, -0.2) is 20.9 Å². The predicted octanol–water partition coefficient (Wildman–Crippen LogP) is 4.06. The van der Waals surface area contributed by atoms with Crippen molar-refractivity contribution in [3.8, 4) is 17.3 Å². The van der Waals surface area contributed by atoms with Crippen molar-refractivity contribution in [1.29, 1.82) is 5.26 Å². The lowest BCUT2D eigenvalue weighted by atomic mass is 10.1. The number of amides is 1. The Balaban J connectivity index is 1.86. The minimum Gasteiger partial charge on any atom is -0.325 e. The maximum absolute atomic E-state index is 11.9. The molecule has 0 saturated heterocycles. The van der Waals surface area contributed by atoms with Gasteiger partial charge in [-0.3, -0.25) is 9.78 Å². The predicted molar refractivity (Wildman–Crippen MR) is 108 cm³/mol. The van der Waals surface area contributed by atoms with Crippen molar-refractivity contribution < 1.29 is 4.79 Å². The molecule has 3 rings (SSSR count). The zero-order valence-electron chi connectivity index (χ0n) is 15.9. The number of aromatic nitrogens is 3. The second kappa shape index (κ2) is 8.27. The molecule has 140 valence electrons. The van der Waals surface area contributed by atoms with E-state index < -0.39 is 0 Å². The Morgan fingerprint density at radius 1 is 1.14 bits per heavy atom. The summed E-state index contributed by atoms with van der Waals surface area (Å²) in [6.45, 7) is 5.52.